The van der Waals surface area contributed by atoms with E-state index in [0.717, 1.165) is 6.26 Å². The maximum absolute atomic E-state index is 11.1. The van der Waals surface area contributed by atoms with Crippen LogP contribution in [0.1, 0.15) is 5.56 Å². The lowest BCUT2D eigenvalue weighted by atomic mass is 10.2. The predicted molar refractivity (Wildman–Crippen MR) is 63.9 cm³/mol. The molecule has 6 heteroatoms. The average Bonchev–Trinajstić information content (AvgIpc) is 2.14. The summed E-state index contributed by atoms with van der Waals surface area (Å²) in [5.74, 6) is 5.06. The molecule has 0 atom stereocenters. The summed E-state index contributed by atoms with van der Waals surface area (Å²) in [5.41, 5.74) is 0.764. The van der Waals surface area contributed by atoms with Crippen LogP contribution in [0.3, 0.4) is 0 Å². The zero-order valence-corrected chi connectivity index (χ0v) is 10.1. The molecule has 0 saturated carbocycles. The Labute approximate surface area is 99.3 Å². The monoisotopic (exact) mass is 259 g/mol. The van der Waals surface area contributed by atoms with Gasteiger partial charge in [0.2, 0.25) is 10.0 Å². The van der Waals surface area contributed by atoms with Crippen molar-refractivity contribution in [3.63, 3.8) is 0 Å². The van der Waals surface area contributed by atoms with E-state index in [0.29, 0.717) is 16.3 Å². The van der Waals surface area contributed by atoms with Gasteiger partial charge in [-0.2, -0.15) is 0 Å². The second kappa shape index (κ2) is 5.21. The zero-order valence-electron chi connectivity index (χ0n) is 8.49. The summed E-state index contributed by atoms with van der Waals surface area (Å²) < 4.78 is 24.5. The molecule has 0 aliphatic heterocycles. The Hall–Kier alpha value is -1.22. The number of halogens is 1. The molecule has 1 aromatic rings. The van der Waals surface area contributed by atoms with Crippen molar-refractivity contribution in [2.75, 3.05) is 17.6 Å². The molecule has 0 aliphatic rings. The van der Waals surface area contributed by atoms with Crippen LogP contribution in [0.2, 0.25) is 5.02 Å². The molecule has 86 valence electrons. The number of aliphatic hydroxyl groups excluding tert-OH is 1. The van der Waals surface area contributed by atoms with Crippen LogP contribution in [-0.2, 0) is 10.0 Å². The molecule has 16 heavy (non-hydrogen) atoms. The van der Waals surface area contributed by atoms with Gasteiger partial charge < -0.3 is 5.11 Å². The first-order valence-electron chi connectivity index (χ1n) is 4.29. The molecular weight excluding hydrogens is 250 g/mol. The molecule has 0 bridgehead atoms. The fraction of sp³-hybridized carbons (Fsp3) is 0.200. The Morgan fingerprint density at radius 1 is 1.50 bits per heavy atom. The van der Waals surface area contributed by atoms with Crippen molar-refractivity contribution in [1.29, 1.82) is 0 Å². The van der Waals surface area contributed by atoms with Crippen LogP contribution >= 0.6 is 11.6 Å². The molecule has 4 nitrogen and oxygen atoms in total. The Balaban J connectivity index is 3.18. The Morgan fingerprint density at radius 3 is 2.75 bits per heavy atom. The maximum Gasteiger partial charge on any atom is 0.229 e. The van der Waals surface area contributed by atoms with E-state index in [1.807, 2.05) is 0 Å². The van der Waals surface area contributed by atoms with Gasteiger partial charge in [-0.1, -0.05) is 23.4 Å². The Morgan fingerprint density at radius 2 is 2.19 bits per heavy atom. The number of benzene rings is 1. The van der Waals surface area contributed by atoms with Crippen LogP contribution in [0.15, 0.2) is 18.2 Å². The topological polar surface area (TPSA) is 66.4 Å². The summed E-state index contributed by atoms with van der Waals surface area (Å²) in [7, 11) is -3.38. The lowest BCUT2D eigenvalue weighted by molar-refractivity contribution is 0.350. The van der Waals surface area contributed by atoms with Gasteiger partial charge in [-0.3, -0.25) is 4.72 Å². The third kappa shape index (κ3) is 4.11. The Bertz CT molecular complexity index is 543. The molecular formula is C10H10ClNO3S. The lowest BCUT2D eigenvalue weighted by Crippen LogP contribution is -2.10. The molecule has 0 aromatic heterocycles. The number of aliphatic hydroxyl groups is 1. The first-order chi connectivity index (χ1) is 7.42. The van der Waals surface area contributed by atoms with Gasteiger partial charge in [0.05, 0.1) is 11.9 Å². The van der Waals surface area contributed by atoms with E-state index in [2.05, 4.69) is 16.6 Å². The van der Waals surface area contributed by atoms with Gasteiger partial charge in [-0.15, -0.1) is 0 Å². The third-order valence-corrected chi connectivity index (χ3v) is 2.40. The Kier molecular flexibility index (Phi) is 4.19. The average molecular weight is 260 g/mol. The molecule has 0 fully saturated rings. The standard InChI is InChI=1S/C10H10ClNO3S/c1-16(14,15)12-10-7-9(11)5-4-8(10)3-2-6-13/h4-5,7,12-13H,6H2,1H3. The largest absolute Gasteiger partial charge is 0.384 e. The van der Waals surface area contributed by atoms with E-state index in [1.165, 1.54) is 6.07 Å². The number of anilines is 1. The number of nitrogens with one attached hydrogen (secondary N) is 1. The first kappa shape index (κ1) is 12.8. The first-order valence-corrected chi connectivity index (χ1v) is 6.56. The molecule has 0 unspecified atom stereocenters. The van der Waals surface area contributed by atoms with Crippen molar-refractivity contribution >= 4 is 27.3 Å². The fourth-order valence-corrected chi connectivity index (χ4v) is 1.78. The van der Waals surface area contributed by atoms with Crippen molar-refractivity contribution in [2.24, 2.45) is 0 Å². The van der Waals surface area contributed by atoms with Gasteiger partial charge in [-0.25, -0.2) is 8.42 Å². The normalized spacial score (nSPS) is 10.4. The van der Waals surface area contributed by atoms with Crippen LogP contribution in [0.4, 0.5) is 5.69 Å². The summed E-state index contributed by atoms with van der Waals surface area (Å²) >= 11 is 5.75. The minimum absolute atomic E-state index is 0.291. The van der Waals surface area contributed by atoms with Crippen LogP contribution in [0, 0.1) is 11.8 Å². The molecule has 0 heterocycles. The van der Waals surface area contributed by atoms with Crippen molar-refractivity contribution < 1.29 is 13.5 Å². The summed E-state index contributed by atoms with van der Waals surface area (Å²) in [6.45, 7) is -0.291. The molecule has 0 aliphatic carbocycles. The highest BCUT2D eigenvalue weighted by Crippen LogP contribution is 2.21. The SMILES string of the molecule is CS(=O)(=O)Nc1cc(Cl)ccc1C#CCO. The van der Waals surface area contributed by atoms with Gasteiger partial charge in [0.1, 0.15) is 6.61 Å². The van der Waals surface area contributed by atoms with E-state index in [9.17, 15) is 8.42 Å². The smallest absolute Gasteiger partial charge is 0.229 e. The maximum atomic E-state index is 11.1. The van der Waals surface area contributed by atoms with E-state index in [1.54, 1.807) is 12.1 Å². The highest BCUT2D eigenvalue weighted by atomic mass is 35.5. The summed E-state index contributed by atoms with van der Waals surface area (Å²) in [5, 5.41) is 8.97. The lowest BCUT2D eigenvalue weighted by Gasteiger charge is -2.06. The second-order valence-corrected chi connectivity index (χ2v) is 5.21. The molecule has 0 amide bonds. The number of sulfonamides is 1. The quantitative estimate of drug-likeness (QED) is 0.781. The van der Waals surface area contributed by atoms with Gasteiger partial charge in [0.25, 0.3) is 0 Å². The molecule has 1 aromatic carbocycles. The number of rotatable bonds is 2. The van der Waals surface area contributed by atoms with Crippen LogP contribution in [0.25, 0.3) is 0 Å². The molecule has 0 spiro atoms. The summed E-state index contributed by atoms with van der Waals surface area (Å²) in [6.07, 6.45) is 1.04. The van der Waals surface area contributed by atoms with Crippen molar-refractivity contribution in [3.8, 4) is 11.8 Å². The number of hydrogen-bond donors (Lipinski definition) is 2. The third-order valence-electron chi connectivity index (χ3n) is 1.58. The molecule has 0 radical (unpaired) electrons. The number of hydrogen-bond acceptors (Lipinski definition) is 3. The van der Waals surface area contributed by atoms with E-state index >= 15 is 0 Å². The minimum atomic E-state index is -3.38. The summed E-state index contributed by atoms with van der Waals surface area (Å²) in [6, 6.07) is 4.64. The van der Waals surface area contributed by atoms with E-state index < -0.39 is 10.0 Å². The summed E-state index contributed by atoms with van der Waals surface area (Å²) in [4.78, 5) is 0. The van der Waals surface area contributed by atoms with Crippen LogP contribution < -0.4 is 4.72 Å². The van der Waals surface area contributed by atoms with Crippen LogP contribution in [0.5, 0.6) is 0 Å². The van der Waals surface area contributed by atoms with E-state index in [4.69, 9.17) is 16.7 Å². The second-order valence-electron chi connectivity index (χ2n) is 3.02. The predicted octanol–water partition coefficient (Wildman–Crippen LogP) is 1.06. The van der Waals surface area contributed by atoms with Gasteiger partial charge in [0, 0.05) is 10.6 Å². The van der Waals surface area contributed by atoms with Crippen LogP contribution in [-0.4, -0.2) is 26.4 Å². The van der Waals surface area contributed by atoms with Crippen molar-refractivity contribution in [1.82, 2.24) is 0 Å². The fourth-order valence-electron chi connectivity index (χ4n) is 1.04. The van der Waals surface area contributed by atoms with Gasteiger partial charge in [0.15, 0.2) is 0 Å². The molecule has 1 rings (SSSR count). The zero-order chi connectivity index (χ0) is 12.2. The van der Waals surface area contributed by atoms with Gasteiger partial charge in [-0.05, 0) is 18.2 Å². The minimum Gasteiger partial charge on any atom is -0.384 e. The van der Waals surface area contributed by atoms with Gasteiger partial charge >= 0.3 is 0 Å². The highest BCUT2D eigenvalue weighted by molar-refractivity contribution is 7.92. The van der Waals surface area contributed by atoms with Crippen molar-refractivity contribution in [3.05, 3.63) is 28.8 Å². The molecule has 2 N–H and O–H groups in total. The van der Waals surface area contributed by atoms with Crippen molar-refractivity contribution in [2.45, 2.75) is 0 Å². The van der Waals surface area contributed by atoms with E-state index in [-0.39, 0.29) is 6.61 Å². The molecule has 0 saturated heterocycles. The highest BCUT2D eigenvalue weighted by Gasteiger charge is 2.06.